The second-order valence-electron chi connectivity index (χ2n) is 17.2. The zero-order chi connectivity index (χ0) is 49.9. The number of rotatable bonds is 17. The number of hydrogen-bond acceptors (Lipinski definition) is 3. The first-order valence-electron chi connectivity index (χ1n) is 23.7. The van der Waals surface area contributed by atoms with Crippen LogP contribution >= 0.6 is 0 Å². The minimum absolute atomic E-state index is 0.191. The van der Waals surface area contributed by atoms with Crippen LogP contribution in [0.5, 0.6) is 0 Å². The highest BCUT2D eigenvalue weighted by molar-refractivity contribution is 6.15. The van der Waals surface area contributed by atoms with Crippen molar-refractivity contribution >= 4 is 39.6 Å². The van der Waals surface area contributed by atoms with Gasteiger partial charge in [0.05, 0.1) is 0 Å². The van der Waals surface area contributed by atoms with Gasteiger partial charge in [-0.3, -0.25) is 14.4 Å². The van der Waals surface area contributed by atoms with Crippen LogP contribution in [0.2, 0.25) is 0 Å². The summed E-state index contributed by atoms with van der Waals surface area (Å²) in [4.78, 5) is 44.4. The first-order valence-corrected chi connectivity index (χ1v) is 23.7. The van der Waals surface area contributed by atoms with Crippen LogP contribution in [0.15, 0.2) is 256 Å². The Bertz CT molecular complexity index is 3480. The van der Waals surface area contributed by atoms with Crippen LogP contribution in [0.3, 0.4) is 0 Å². The van der Waals surface area contributed by atoms with Crippen molar-refractivity contribution in [2.45, 2.75) is 20.8 Å². The van der Waals surface area contributed by atoms with Crippen molar-refractivity contribution in [2.24, 2.45) is 0 Å². The van der Waals surface area contributed by atoms with Gasteiger partial charge in [0.15, 0.2) is 17.3 Å². The molecule has 8 rings (SSSR count). The summed E-state index contributed by atoms with van der Waals surface area (Å²) >= 11 is 0. The van der Waals surface area contributed by atoms with E-state index in [2.05, 4.69) is 44.0 Å². The van der Waals surface area contributed by atoms with Crippen LogP contribution in [0.1, 0.15) is 102 Å². The number of ketones is 3. The van der Waals surface area contributed by atoms with E-state index < -0.39 is 0 Å². The molecule has 0 amide bonds. The minimum Gasteiger partial charge on any atom is -0.289 e. The fourth-order valence-electron chi connectivity index (χ4n) is 8.77. The number of hydrogen-bond donors (Lipinski definition) is 0. The van der Waals surface area contributed by atoms with Crippen molar-refractivity contribution in [3.8, 4) is 22.3 Å². The third-order valence-electron chi connectivity index (χ3n) is 12.5. The van der Waals surface area contributed by atoms with Crippen LogP contribution in [0.4, 0.5) is 0 Å². The second kappa shape index (κ2) is 22.4. The predicted molar refractivity (Wildman–Crippen MR) is 298 cm³/mol. The SMILES string of the molecule is C=C/C=C(\C=C/C)c1cccc(C(=O)c2cc(C(=C)c3cc(C(=O)c4cccc(C(/C=C\C)=C/C)c4)cc(C(=O)c4cccc(-c5ccccc5)c4)c3)cc(C(=C)c3cccc(-c4ccccc4)c3)c2)c1. The first kappa shape index (κ1) is 48.4. The highest BCUT2D eigenvalue weighted by atomic mass is 16.1. The Morgan fingerprint density at radius 3 is 1.11 bits per heavy atom. The highest BCUT2D eigenvalue weighted by Crippen LogP contribution is 2.34. The van der Waals surface area contributed by atoms with Crippen molar-refractivity contribution < 1.29 is 14.4 Å². The Kier molecular flexibility index (Phi) is 15.3. The average Bonchev–Trinajstić information content (AvgIpc) is 3.43. The maximum atomic E-state index is 14.9. The van der Waals surface area contributed by atoms with Crippen molar-refractivity contribution in [1.29, 1.82) is 0 Å². The van der Waals surface area contributed by atoms with Gasteiger partial charge in [-0.25, -0.2) is 0 Å². The maximum absolute atomic E-state index is 14.9. The van der Waals surface area contributed by atoms with Crippen molar-refractivity contribution in [1.82, 2.24) is 0 Å². The molecule has 0 atom stereocenters. The Balaban J connectivity index is 1.28. The van der Waals surface area contributed by atoms with Gasteiger partial charge in [-0.05, 0) is 159 Å². The van der Waals surface area contributed by atoms with Gasteiger partial charge in [0.2, 0.25) is 0 Å². The molecular weight excluding hydrogens is 865 g/mol. The van der Waals surface area contributed by atoms with Crippen molar-refractivity contribution in [3.05, 3.63) is 323 Å². The van der Waals surface area contributed by atoms with Gasteiger partial charge in [0.1, 0.15) is 0 Å². The van der Waals surface area contributed by atoms with Crippen LogP contribution in [-0.4, -0.2) is 17.3 Å². The Labute approximate surface area is 418 Å². The largest absolute Gasteiger partial charge is 0.289 e. The Hall–Kier alpha value is -9.05. The lowest BCUT2D eigenvalue weighted by Crippen LogP contribution is -2.08. The van der Waals surface area contributed by atoms with Gasteiger partial charge in [0, 0.05) is 33.4 Å². The van der Waals surface area contributed by atoms with E-state index in [1.54, 1.807) is 36.4 Å². The quantitative estimate of drug-likeness (QED) is 0.0675. The van der Waals surface area contributed by atoms with Crippen LogP contribution in [0, 0.1) is 0 Å². The van der Waals surface area contributed by atoms with Gasteiger partial charge >= 0.3 is 0 Å². The summed E-state index contributed by atoms with van der Waals surface area (Å²) in [6.07, 6.45) is 13.6. The van der Waals surface area contributed by atoms with E-state index in [4.69, 9.17) is 0 Å². The third-order valence-corrected chi connectivity index (χ3v) is 12.5. The Morgan fingerprint density at radius 1 is 0.338 bits per heavy atom. The van der Waals surface area contributed by atoms with E-state index in [0.717, 1.165) is 50.1 Å². The van der Waals surface area contributed by atoms with E-state index >= 15 is 0 Å². The highest BCUT2D eigenvalue weighted by Gasteiger charge is 2.21. The molecule has 0 radical (unpaired) electrons. The van der Waals surface area contributed by atoms with Crippen LogP contribution in [0.25, 0.3) is 44.5 Å². The van der Waals surface area contributed by atoms with Crippen molar-refractivity contribution in [2.75, 3.05) is 0 Å². The number of allylic oxidation sites excluding steroid dienone is 9. The molecule has 344 valence electrons. The normalized spacial score (nSPS) is 11.7. The van der Waals surface area contributed by atoms with E-state index in [9.17, 15) is 14.4 Å². The molecule has 0 aliphatic heterocycles. The smallest absolute Gasteiger partial charge is 0.193 e. The molecule has 0 unspecified atom stereocenters. The second-order valence-corrected chi connectivity index (χ2v) is 17.2. The molecule has 0 N–H and O–H groups in total. The zero-order valence-electron chi connectivity index (χ0n) is 40.4. The first-order chi connectivity index (χ1) is 34.6. The van der Waals surface area contributed by atoms with E-state index in [0.29, 0.717) is 61.2 Å². The summed E-state index contributed by atoms with van der Waals surface area (Å²) in [5.74, 6) is -0.685. The molecule has 0 heterocycles. The molecule has 0 spiro atoms. The van der Waals surface area contributed by atoms with E-state index in [1.807, 2.05) is 197 Å². The third kappa shape index (κ3) is 11.1. The lowest BCUT2D eigenvalue weighted by Gasteiger charge is -2.16. The van der Waals surface area contributed by atoms with E-state index in [1.165, 1.54) is 0 Å². The fraction of sp³-hybridized carbons (Fsp3) is 0.0441. The molecule has 8 aromatic carbocycles. The molecule has 0 saturated heterocycles. The number of carbonyl (C=O) groups excluding carboxylic acids is 3. The van der Waals surface area contributed by atoms with Crippen LogP contribution in [-0.2, 0) is 0 Å². The van der Waals surface area contributed by atoms with Gasteiger partial charge in [0.25, 0.3) is 0 Å². The fourth-order valence-corrected chi connectivity index (χ4v) is 8.77. The zero-order valence-corrected chi connectivity index (χ0v) is 40.4. The molecule has 3 heteroatoms. The monoisotopic (exact) mass is 918 g/mol. The van der Waals surface area contributed by atoms with Crippen molar-refractivity contribution in [3.63, 3.8) is 0 Å². The Morgan fingerprint density at radius 2 is 0.662 bits per heavy atom. The topological polar surface area (TPSA) is 51.2 Å². The minimum atomic E-state index is -0.247. The van der Waals surface area contributed by atoms with Gasteiger partial charge in [-0.1, -0.05) is 196 Å². The molecular formula is C68H54O3. The number of benzene rings is 8. The standard InChI is InChI=1S/C68H54O3/c1-7-21-48(10-4)53-29-18-33-57(37-53)67(70)64-43-62(44-65(45-64)68(71)59-35-20-32-56(39-59)51-26-15-12-16-27-51)47(6)61-40-60(46(5)52-28-17-30-54(36-52)50-24-13-11-14-25-50)41-63(42-61)66(69)58-34-19-31-55(38-58)49(22-8-2)23-9-3/h7-45H,2,5-6H2,1,3-4H3/b21-7-,23-9-,48-10+,49-22+. The molecule has 0 aromatic heterocycles. The van der Waals surface area contributed by atoms with Crippen LogP contribution < -0.4 is 0 Å². The summed E-state index contributed by atoms with van der Waals surface area (Å²) in [5, 5.41) is 0. The molecule has 0 aliphatic carbocycles. The summed E-state index contributed by atoms with van der Waals surface area (Å²) < 4.78 is 0. The molecule has 0 fully saturated rings. The lowest BCUT2D eigenvalue weighted by atomic mass is 9.87. The molecule has 8 aromatic rings. The van der Waals surface area contributed by atoms with Gasteiger partial charge in [-0.15, -0.1) is 0 Å². The summed E-state index contributed by atoms with van der Waals surface area (Å²) in [7, 11) is 0. The lowest BCUT2D eigenvalue weighted by molar-refractivity contribution is 0.102. The maximum Gasteiger partial charge on any atom is 0.193 e. The molecule has 0 aliphatic rings. The number of carbonyl (C=O) groups is 3. The summed E-state index contributed by atoms with van der Waals surface area (Å²) in [6.45, 7) is 19.0. The summed E-state index contributed by atoms with van der Waals surface area (Å²) in [5.41, 5.74) is 14.2. The average molecular weight is 919 g/mol. The van der Waals surface area contributed by atoms with Gasteiger partial charge in [-0.2, -0.15) is 0 Å². The molecule has 3 nitrogen and oxygen atoms in total. The van der Waals surface area contributed by atoms with E-state index in [-0.39, 0.29) is 17.3 Å². The van der Waals surface area contributed by atoms with Gasteiger partial charge < -0.3 is 0 Å². The molecule has 0 saturated carbocycles. The predicted octanol–water partition coefficient (Wildman–Crippen LogP) is 17.0. The molecule has 71 heavy (non-hydrogen) atoms. The summed E-state index contributed by atoms with van der Waals surface area (Å²) in [6, 6.07) is 61.8. The molecule has 0 bridgehead atoms.